The van der Waals surface area contributed by atoms with Crippen molar-refractivity contribution >= 4 is 33.2 Å². The highest BCUT2D eigenvalue weighted by atomic mass is 35.5. The number of sulfonamides is 1. The number of hydrogen-bond acceptors (Lipinski definition) is 5. The highest BCUT2D eigenvalue weighted by Gasteiger charge is 2.32. The number of aliphatic hydroxyl groups is 1. The molecule has 0 saturated heterocycles. The summed E-state index contributed by atoms with van der Waals surface area (Å²) in [6.45, 7) is 1.86. The Balaban J connectivity index is 2.64. The molecule has 0 atom stereocenters. The van der Waals surface area contributed by atoms with E-state index in [4.69, 9.17) is 11.6 Å². The second-order valence-corrected chi connectivity index (χ2v) is 7.94. The average Bonchev–Trinajstić information content (AvgIpc) is 2.53. The van der Waals surface area contributed by atoms with Crippen molar-refractivity contribution in [3.63, 3.8) is 0 Å². The summed E-state index contributed by atoms with van der Waals surface area (Å²) < 4.78 is 26.4. The SMILES string of the molecule is CCN(C)S(=O)(=O)c1cc(Cl)ccc1C(=O)C1=C(O)CCCC1=O. The van der Waals surface area contributed by atoms with E-state index in [1.807, 2.05) is 0 Å². The molecule has 8 heteroatoms. The van der Waals surface area contributed by atoms with Crippen molar-refractivity contribution in [3.8, 4) is 0 Å². The molecule has 24 heavy (non-hydrogen) atoms. The van der Waals surface area contributed by atoms with Gasteiger partial charge in [0.1, 0.15) is 11.3 Å². The molecule has 2 rings (SSSR count). The van der Waals surface area contributed by atoms with E-state index < -0.39 is 21.6 Å². The highest BCUT2D eigenvalue weighted by molar-refractivity contribution is 7.89. The number of ketones is 2. The van der Waals surface area contributed by atoms with E-state index >= 15 is 0 Å². The largest absolute Gasteiger partial charge is 0.511 e. The van der Waals surface area contributed by atoms with E-state index in [2.05, 4.69) is 0 Å². The van der Waals surface area contributed by atoms with E-state index in [-0.39, 0.29) is 46.2 Å². The third-order valence-corrected chi connectivity index (χ3v) is 6.14. The van der Waals surface area contributed by atoms with Crippen LogP contribution in [0, 0.1) is 0 Å². The minimum Gasteiger partial charge on any atom is -0.511 e. The quantitative estimate of drug-likeness (QED) is 0.634. The molecule has 6 nitrogen and oxygen atoms in total. The fourth-order valence-corrected chi connectivity index (χ4v) is 4.08. The van der Waals surface area contributed by atoms with Crippen LogP contribution >= 0.6 is 11.6 Å². The number of carbonyl (C=O) groups is 2. The van der Waals surface area contributed by atoms with Crippen molar-refractivity contribution in [2.45, 2.75) is 31.1 Å². The van der Waals surface area contributed by atoms with Gasteiger partial charge in [-0.05, 0) is 24.6 Å². The van der Waals surface area contributed by atoms with Crippen molar-refractivity contribution in [1.82, 2.24) is 4.31 Å². The molecule has 0 heterocycles. The Labute approximate surface area is 145 Å². The van der Waals surface area contributed by atoms with Gasteiger partial charge in [0.05, 0.1) is 4.90 Å². The van der Waals surface area contributed by atoms with E-state index in [0.717, 1.165) is 4.31 Å². The summed E-state index contributed by atoms with van der Waals surface area (Å²) in [4.78, 5) is 24.5. The molecule has 0 spiro atoms. The number of halogens is 1. The molecule has 1 aliphatic rings. The molecule has 1 N–H and O–H groups in total. The first-order valence-corrected chi connectivity index (χ1v) is 9.27. The highest BCUT2D eigenvalue weighted by Crippen LogP contribution is 2.29. The number of hydrogen-bond donors (Lipinski definition) is 1. The summed E-state index contributed by atoms with van der Waals surface area (Å²) in [5, 5.41) is 10.1. The van der Waals surface area contributed by atoms with Gasteiger partial charge in [0.15, 0.2) is 5.78 Å². The minimum atomic E-state index is -3.95. The molecule has 0 aromatic heterocycles. The molecular weight excluding hydrogens is 354 g/mol. The van der Waals surface area contributed by atoms with Crippen LogP contribution in [0.2, 0.25) is 5.02 Å². The lowest BCUT2D eigenvalue weighted by Gasteiger charge is -2.19. The molecule has 130 valence electrons. The monoisotopic (exact) mass is 371 g/mol. The maximum absolute atomic E-state index is 12.7. The summed E-state index contributed by atoms with van der Waals surface area (Å²) in [7, 11) is -2.57. The molecule has 0 fully saturated rings. The first-order chi connectivity index (χ1) is 11.2. The van der Waals surface area contributed by atoms with Crippen molar-refractivity contribution < 1.29 is 23.1 Å². The third kappa shape index (κ3) is 3.38. The minimum absolute atomic E-state index is 0.148. The Morgan fingerprint density at radius 2 is 2.00 bits per heavy atom. The van der Waals surface area contributed by atoms with E-state index in [9.17, 15) is 23.1 Å². The molecule has 0 bridgehead atoms. The van der Waals surface area contributed by atoms with Crippen LogP contribution in [-0.2, 0) is 14.8 Å². The van der Waals surface area contributed by atoms with Crippen molar-refractivity contribution in [3.05, 3.63) is 40.1 Å². The standard InChI is InChI=1S/C16H18ClNO5S/c1-3-18(2)24(22,23)14-9-10(17)7-8-11(14)16(21)15-12(19)5-4-6-13(15)20/h7-9,19H,3-6H2,1-2H3. The van der Waals surface area contributed by atoms with E-state index in [1.165, 1.54) is 25.2 Å². The molecule has 0 unspecified atom stereocenters. The van der Waals surface area contributed by atoms with Gasteiger partial charge in [0, 0.05) is 37.0 Å². The van der Waals surface area contributed by atoms with Gasteiger partial charge in [0.2, 0.25) is 15.8 Å². The van der Waals surface area contributed by atoms with Crippen LogP contribution in [0.5, 0.6) is 0 Å². The van der Waals surface area contributed by atoms with Crippen LogP contribution in [0.15, 0.2) is 34.4 Å². The van der Waals surface area contributed by atoms with Gasteiger partial charge in [-0.15, -0.1) is 0 Å². The average molecular weight is 372 g/mol. The zero-order chi connectivity index (χ0) is 18.1. The first kappa shape index (κ1) is 18.6. The molecule has 1 aromatic rings. The Morgan fingerprint density at radius 1 is 1.33 bits per heavy atom. The predicted molar refractivity (Wildman–Crippen MR) is 89.8 cm³/mol. The normalized spacial score (nSPS) is 15.9. The fraction of sp³-hybridized carbons (Fsp3) is 0.375. The topological polar surface area (TPSA) is 91.8 Å². The first-order valence-electron chi connectivity index (χ1n) is 7.46. The van der Waals surface area contributed by atoms with Gasteiger partial charge >= 0.3 is 0 Å². The van der Waals surface area contributed by atoms with Crippen LogP contribution < -0.4 is 0 Å². The van der Waals surface area contributed by atoms with Crippen molar-refractivity contribution in [1.29, 1.82) is 0 Å². The Hall–Kier alpha value is -1.70. The van der Waals surface area contributed by atoms with E-state index in [0.29, 0.717) is 6.42 Å². The van der Waals surface area contributed by atoms with Crippen LogP contribution in [-0.4, -0.2) is 43.0 Å². The summed E-state index contributed by atoms with van der Waals surface area (Å²) in [6, 6.07) is 3.83. The number of allylic oxidation sites excluding steroid dienone is 2. The maximum atomic E-state index is 12.7. The number of rotatable bonds is 5. The predicted octanol–water partition coefficient (Wildman–Crippen LogP) is 2.73. The molecule has 0 radical (unpaired) electrons. The van der Waals surface area contributed by atoms with E-state index in [1.54, 1.807) is 6.92 Å². The summed E-state index contributed by atoms with van der Waals surface area (Å²) >= 11 is 5.90. The van der Waals surface area contributed by atoms with Gasteiger partial charge in [-0.2, -0.15) is 0 Å². The number of aliphatic hydroxyl groups excluding tert-OH is 1. The molecule has 0 saturated carbocycles. The molecular formula is C16H18ClNO5S. The molecule has 1 aliphatic carbocycles. The van der Waals surface area contributed by atoms with Crippen molar-refractivity contribution in [2.24, 2.45) is 0 Å². The van der Waals surface area contributed by atoms with Crippen molar-refractivity contribution in [2.75, 3.05) is 13.6 Å². The number of Topliss-reactive ketones (excluding diaryl/α,β-unsaturated/α-hetero) is 2. The van der Waals surface area contributed by atoms with Crippen LogP contribution in [0.3, 0.4) is 0 Å². The van der Waals surface area contributed by atoms with Gasteiger partial charge < -0.3 is 5.11 Å². The van der Waals surface area contributed by atoms with Crippen LogP contribution in [0.25, 0.3) is 0 Å². The van der Waals surface area contributed by atoms with Gasteiger partial charge in [-0.1, -0.05) is 18.5 Å². The Kier molecular flexibility index (Phi) is 5.47. The van der Waals surface area contributed by atoms with Gasteiger partial charge in [-0.3, -0.25) is 9.59 Å². The lowest BCUT2D eigenvalue weighted by molar-refractivity contribution is -0.116. The zero-order valence-electron chi connectivity index (χ0n) is 13.4. The third-order valence-electron chi connectivity index (χ3n) is 3.93. The second-order valence-electron chi connectivity index (χ2n) is 5.49. The second kappa shape index (κ2) is 7.04. The molecule has 0 amide bonds. The summed E-state index contributed by atoms with van der Waals surface area (Å²) in [5.74, 6) is -1.57. The van der Waals surface area contributed by atoms with Gasteiger partial charge in [0.25, 0.3) is 0 Å². The van der Waals surface area contributed by atoms with Crippen LogP contribution in [0.4, 0.5) is 0 Å². The fourth-order valence-electron chi connectivity index (χ4n) is 2.45. The van der Waals surface area contributed by atoms with Crippen LogP contribution in [0.1, 0.15) is 36.5 Å². The molecule has 1 aromatic carbocycles. The smallest absolute Gasteiger partial charge is 0.243 e. The lowest BCUT2D eigenvalue weighted by Crippen LogP contribution is -2.29. The Morgan fingerprint density at radius 3 is 2.58 bits per heavy atom. The number of nitrogens with zero attached hydrogens (tertiary/aromatic N) is 1. The zero-order valence-corrected chi connectivity index (χ0v) is 14.9. The lowest BCUT2D eigenvalue weighted by atomic mass is 9.90. The Bertz CT molecular complexity index is 829. The molecule has 0 aliphatic heterocycles. The summed E-state index contributed by atoms with van der Waals surface area (Å²) in [5.41, 5.74) is -0.504. The summed E-state index contributed by atoms with van der Waals surface area (Å²) in [6.07, 6.45) is 0.832. The van der Waals surface area contributed by atoms with Gasteiger partial charge in [-0.25, -0.2) is 12.7 Å². The number of benzene rings is 1. The number of carbonyl (C=O) groups excluding carboxylic acids is 2. The maximum Gasteiger partial charge on any atom is 0.243 e.